The highest BCUT2D eigenvalue weighted by Crippen LogP contribution is 2.29. The summed E-state index contributed by atoms with van der Waals surface area (Å²) in [6, 6.07) is 11.4. The normalized spacial score (nSPS) is 10.5. The Morgan fingerprint density at radius 2 is 2.00 bits per heavy atom. The summed E-state index contributed by atoms with van der Waals surface area (Å²) in [6.07, 6.45) is 0. The molecule has 0 fully saturated rings. The van der Waals surface area contributed by atoms with Gasteiger partial charge in [0.05, 0.1) is 9.95 Å². The fourth-order valence-corrected chi connectivity index (χ4v) is 2.39. The van der Waals surface area contributed by atoms with Crippen LogP contribution < -0.4 is 10.1 Å². The van der Waals surface area contributed by atoms with Gasteiger partial charge < -0.3 is 10.1 Å². The van der Waals surface area contributed by atoms with E-state index < -0.39 is 4.92 Å². The first-order valence-electron chi connectivity index (χ1n) is 7.34. The summed E-state index contributed by atoms with van der Waals surface area (Å²) in [6.45, 7) is 3.83. The van der Waals surface area contributed by atoms with Crippen LogP contribution in [-0.4, -0.2) is 17.4 Å². The van der Waals surface area contributed by atoms with Crippen LogP contribution in [0.3, 0.4) is 0 Å². The Morgan fingerprint density at radius 3 is 2.62 bits per heavy atom. The number of nitrogens with zero attached hydrogens (tertiary/aromatic N) is 1. The molecule has 0 heterocycles. The first-order chi connectivity index (χ1) is 11.4. The van der Waals surface area contributed by atoms with Crippen molar-refractivity contribution in [2.75, 3.05) is 11.9 Å². The number of halogens is 1. The number of non-ortho nitro benzene ring substituents is 1. The van der Waals surface area contributed by atoms with Crippen molar-refractivity contribution in [2.24, 2.45) is 0 Å². The lowest BCUT2D eigenvalue weighted by Crippen LogP contribution is -2.21. The van der Waals surface area contributed by atoms with E-state index in [9.17, 15) is 14.9 Å². The highest BCUT2D eigenvalue weighted by Gasteiger charge is 2.13. The van der Waals surface area contributed by atoms with Crippen molar-refractivity contribution in [1.82, 2.24) is 0 Å². The number of rotatable bonds is 6. The highest BCUT2D eigenvalue weighted by atomic mass is 35.5. The Labute approximate surface area is 144 Å². The van der Waals surface area contributed by atoms with E-state index in [0.29, 0.717) is 0 Å². The molecule has 7 heteroatoms. The van der Waals surface area contributed by atoms with Gasteiger partial charge in [0.1, 0.15) is 5.75 Å². The van der Waals surface area contributed by atoms with Gasteiger partial charge in [-0.2, -0.15) is 0 Å². The summed E-state index contributed by atoms with van der Waals surface area (Å²) in [5.41, 5.74) is 1.62. The standard InChI is InChI=1S/C17H17ClN2O4/c1-11(2)13-5-3-4-6-15(13)19-17(21)10-24-16-8-7-12(20(22)23)9-14(16)18/h3-9,11H,10H2,1-2H3,(H,19,21). The van der Waals surface area contributed by atoms with Crippen molar-refractivity contribution in [3.05, 3.63) is 63.2 Å². The van der Waals surface area contributed by atoms with E-state index in [1.54, 1.807) is 0 Å². The summed E-state index contributed by atoms with van der Waals surface area (Å²) in [7, 11) is 0. The van der Waals surface area contributed by atoms with Gasteiger partial charge in [0.15, 0.2) is 6.61 Å². The fourth-order valence-electron chi connectivity index (χ4n) is 2.16. The largest absolute Gasteiger partial charge is 0.482 e. The van der Waals surface area contributed by atoms with Gasteiger partial charge in [-0.1, -0.05) is 43.6 Å². The van der Waals surface area contributed by atoms with Crippen molar-refractivity contribution in [3.8, 4) is 5.75 Å². The Morgan fingerprint density at radius 1 is 1.29 bits per heavy atom. The lowest BCUT2D eigenvalue weighted by Gasteiger charge is -2.14. The van der Waals surface area contributed by atoms with Gasteiger partial charge in [-0.3, -0.25) is 14.9 Å². The van der Waals surface area contributed by atoms with Crippen LogP contribution in [0, 0.1) is 10.1 Å². The topological polar surface area (TPSA) is 81.5 Å². The first-order valence-corrected chi connectivity index (χ1v) is 7.71. The molecular weight excluding hydrogens is 332 g/mol. The Bertz CT molecular complexity index is 762. The Balaban J connectivity index is 2.00. The van der Waals surface area contributed by atoms with Gasteiger partial charge in [0.2, 0.25) is 0 Å². The number of carbonyl (C=O) groups excluding carboxylic acids is 1. The summed E-state index contributed by atoms with van der Waals surface area (Å²) in [4.78, 5) is 22.2. The van der Waals surface area contributed by atoms with E-state index >= 15 is 0 Å². The fraction of sp³-hybridized carbons (Fsp3) is 0.235. The summed E-state index contributed by atoms with van der Waals surface area (Å²) in [5, 5.41) is 13.5. The van der Waals surface area contributed by atoms with Gasteiger partial charge in [-0.05, 0) is 23.6 Å². The maximum Gasteiger partial charge on any atom is 0.271 e. The van der Waals surface area contributed by atoms with E-state index in [-0.39, 0.29) is 34.9 Å². The van der Waals surface area contributed by atoms with Crippen LogP contribution in [0.4, 0.5) is 11.4 Å². The smallest absolute Gasteiger partial charge is 0.271 e. The molecule has 2 aromatic carbocycles. The minimum atomic E-state index is -0.550. The summed E-state index contributed by atoms with van der Waals surface area (Å²) in [5.74, 6) is 0.151. The molecule has 0 saturated carbocycles. The number of hydrogen-bond donors (Lipinski definition) is 1. The first kappa shape index (κ1) is 17.7. The lowest BCUT2D eigenvalue weighted by atomic mass is 10.0. The lowest BCUT2D eigenvalue weighted by molar-refractivity contribution is -0.384. The highest BCUT2D eigenvalue weighted by molar-refractivity contribution is 6.32. The summed E-state index contributed by atoms with van der Waals surface area (Å²) >= 11 is 5.92. The minimum Gasteiger partial charge on any atom is -0.482 e. The molecule has 0 unspecified atom stereocenters. The van der Waals surface area contributed by atoms with Crippen LogP contribution in [-0.2, 0) is 4.79 Å². The summed E-state index contributed by atoms with van der Waals surface area (Å²) < 4.78 is 5.34. The molecule has 0 aliphatic carbocycles. The average Bonchev–Trinajstić information content (AvgIpc) is 2.53. The van der Waals surface area contributed by atoms with Crippen LogP contribution in [0.15, 0.2) is 42.5 Å². The number of nitro benzene ring substituents is 1. The van der Waals surface area contributed by atoms with E-state index in [0.717, 1.165) is 11.3 Å². The van der Waals surface area contributed by atoms with Crippen molar-refractivity contribution < 1.29 is 14.5 Å². The average molecular weight is 349 g/mol. The number of nitro groups is 1. The number of amides is 1. The molecule has 0 saturated heterocycles. The predicted octanol–water partition coefficient (Wildman–Crippen LogP) is 4.39. The van der Waals surface area contributed by atoms with E-state index in [1.165, 1.54) is 18.2 Å². The zero-order chi connectivity index (χ0) is 17.7. The van der Waals surface area contributed by atoms with Crippen molar-refractivity contribution in [3.63, 3.8) is 0 Å². The van der Waals surface area contributed by atoms with E-state index in [4.69, 9.17) is 16.3 Å². The number of carbonyl (C=O) groups is 1. The second-order valence-electron chi connectivity index (χ2n) is 5.45. The molecule has 0 aliphatic heterocycles. The third-order valence-electron chi connectivity index (χ3n) is 3.34. The molecular formula is C17H17ClN2O4. The van der Waals surface area contributed by atoms with Crippen molar-refractivity contribution in [2.45, 2.75) is 19.8 Å². The Hall–Kier alpha value is -2.60. The van der Waals surface area contributed by atoms with Crippen LogP contribution in [0.25, 0.3) is 0 Å². The van der Waals surface area contributed by atoms with Crippen molar-refractivity contribution >= 4 is 28.9 Å². The molecule has 6 nitrogen and oxygen atoms in total. The molecule has 126 valence electrons. The molecule has 2 rings (SSSR count). The molecule has 1 N–H and O–H groups in total. The SMILES string of the molecule is CC(C)c1ccccc1NC(=O)COc1ccc([N+](=O)[O-])cc1Cl. The number of anilines is 1. The zero-order valence-electron chi connectivity index (χ0n) is 13.3. The van der Waals surface area contributed by atoms with Crippen LogP contribution in [0.5, 0.6) is 5.75 Å². The van der Waals surface area contributed by atoms with E-state index in [2.05, 4.69) is 5.32 Å². The van der Waals surface area contributed by atoms with Crippen LogP contribution in [0.1, 0.15) is 25.3 Å². The number of ether oxygens (including phenoxy) is 1. The molecule has 0 bridgehead atoms. The molecule has 0 aliphatic rings. The molecule has 24 heavy (non-hydrogen) atoms. The molecule has 0 spiro atoms. The number of hydrogen-bond acceptors (Lipinski definition) is 4. The van der Waals surface area contributed by atoms with Gasteiger partial charge in [-0.15, -0.1) is 0 Å². The quantitative estimate of drug-likeness (QED) is 0.620. The van der Waals surface area contributed by atoms with Gasteiger partial charge in [-0.25, -0.2) is 0 Å². The third kappa shape index (κ3) is 4.45. The maximum absolute atomic E-state index is 12.1. The predicted molar refractivity (Wildman–Crippen MR) is 92.8 cm³/mol. The number of para-hydroxylation sites is 1. The second kappa shape index (κ2) is 7.79. The molecule has 2 aromatic rings. The van der Waals surface area contributed by atoms with Crippen LogP contribution in [0.2, 0.25) is 5.02 Å². The third-order valence-corrected chi connectivity index (χ3v) is 3.64. The maximum atomic E-state index is 12.1. The van der Waals surface area contributed by atoms with E-state index in [1.807, 2.05) is 38.1 Å². The minimum absolute atomic E-state index is 0.0829. The molecule has 0 atom stereocenters. The molecule has 0 aromatic heterocycles. The van der Waals surface area contributed by atoms with Crippen molar-refractivity contribution in [1.29, 1.82) is 0 Å². The number of nitrogens with one attached hydrogen (secondary N) is 1. The Kier molecular flexibility index (Phi) is 5.76. The monoisotopic (exact) mass is 348 g/mol. The van der Waals surface area contributed by atoms with Gasteiger partial charge in [0, 0.05) is 17.8 Å². The second-order valence-corrected chi connectivity index (χ2v) is 5.86. The molecule has 1 amide bonds. The van der Waals surface area contributed by atoms with Gasteiger partial charge in [0.25, 0.3) is 11.6 Å². The van der Waals surface area contributed by atoms with Gasteiger partial charge >= 0.3 is 0 Å². The molecule has 0 radical (unpaired) electrons. The number of benzene rings is 2. The van der Waals surface area contributed by atoms with Crippen LogP contribution >= 0.6 is 11.6 Å². The zero-order valence-corrected chi connectivity index (χ0v) is 14.0.